The first-order valence-corrected chi connectivity index (χ1v) is 20.3. The zero-order chi connectivity index (χ0) is 40.4. The maximum Gasteiger partial charge on any atom is 0.265 e. The standard InChI is InChI=1S/C44H44F2N6O3S.CH4O/c45-33-5-1-30(2-6-33)43(31-3-7-34(46)8-4-31)52-21-19-51(20-22-52)35-9-12-38(42(26-35)55-36-10-13-40-32(25-36)15-18-48-40)44(53)50-56-37-11-14-41(39(47)27-37)49-28-29-16-23-54-24-17-29;1-2/h1-15,18,25-27,29,43,48-49H,16-17,19-24,28,47H2,(H,50,53);2H,1H3/p+1. The molecule has 0 aliphatic carbocycles. The summed E-state index contributed by atoms with van der Waals surface area (Å²) in [5.41, 5.74) is 10.3. The van der Waals surface area contributed by atoms with Gasteiger partial charge in [-0.2, -0.15) is 0 Å². The van der Waals surface area contributed by atoms with E-state index < -0.39 is 0 Å². The van der Waals surface area contributed by atoms with Crippen LogP contribution in [0.25, 0.3) is 10.9 Å². The molecule has 0 saturated carbocycles. The van der Waals surface area contributed by atoms with Crippen LogP contribution in [-0.4, -0.2) is 73.9 Å². The molecule has 2 fully saturated rings. The lowest BCUT2D eigenvalue weighted by atomic mass is 9.96. The van der Waals surface area contributed by atoms with Crippen LogP contribution in [0.4, 0.5) is 25.8 Å². The summed E-state index contributed by atoms with van der Waals surface area (Å²) in [5, 5.41) is 11.5. The van der Waals surface area contributed by atoms with Gasteiger partial charge in [-0.05, 0) is 115 Å². The normalized spacial score (nSPS) is 14.9. The smallest absolute Gasteiger partial charge is 0.265 e. The molecule has 2 saturated heterocycles. The summed E-state index contributed by atoms with van der Waals surface area (Å²) < 4.78 is 42.8. The van der Waals surface area contributed by atoms with E-state index in [-0.39, 0.29) is 23.6 Å². The Morgan fingerprint density at radius 1 is 0.879 bits per heavy atom. The van der Waals surface area contributed by atoms with Crippen molar-refractivity contribution in [2.45, 2.75) is 23.8 Å². The molecular formula is C45H49F2N6O4S+. The predicted octanol–water partition coefficient (Wildman–Crippen LogP) is 7.91. The monoisotopic (exact) mass is 807 g/mol. The van der Waals surface area contributed by atoms with E-state index in [4.69, 9.17) is 14.6 Å². The average molecular weight is 808 g/mol. The molecule has 3 heterocycles. The van der Waals surface area contributed by atoms with Crippen molar-refractivity contribution in [2.75, 3.05) is 63.3 Å². The minimum absolute atomic E-state index is 0.159. The van der Waals surface area contributed by atoms with Crippen LogP contribution in [0, 0.1) is 17.6 Å². The van der Waals surface area contributed by atoms with Crippen molar-refractivity contribution in [3.63, 3.8) is 0 Å². The third-order valence-corrected chi connectivity index (χ3v) is 11.4. The number of H-pyrrole nitrogens is 1. The number of ether oxygens (including phenoxy) is 2. The van der Waals surface area contributed by atoms with Crippen LogP contribution in [0.3, 0.4) is 0 Å². The molecule has 58 heavy (non-hydrogen) atoms. The first-order chi connectivity index (χ1) is 28.4. The Kier molecular flexibility index (Phi) is 13.6. The molecule has 1 aromatic heterocycles. The number of aliphatic hydroxyl groups excluding tert-OH is 1. The number of hydrogen-bond donors (Lipinski definition) is 5. The van der Waals surface area contributed by atoms with Gasteiger partial charge in [0, 0.05) is 92.9 Å². The second-order valence-corrected chi connectivity index (χ2v) is 15.2. The molecule has 302 valence electrons. The molecule has 0 bridgehead atoms. The van der Waals surface area contributed by atoms with Crippen molar-refractivity contribution in [2.24, 2.45) is 5.92 Å². The van der Waals surface area contributed by atoms with Crippen molar-refractivity contribution < 1.29 is 33.9 Å². The highest BCUT2D eigenvalue weighted by Crippen LogP contribution is 2.35. The van der Waals surface area contributed by atoms with Crippen molar-refractivity contribution in [3.8, 4) is 11.5 Å². The van der Waals surface area contributed by atoms with Gasteiger partial charge in [0.15, 0.2) is 5.69 Å². The zero-order valence-corrected chi connectivity index (χ0v) is 33.2. The molecule has 10 nitrogen and oxygen atoms in total. The van der Waals surface area contributed by atoms with Crippen molar-refractivity contribution >= 4 is 45.8 Å². The molecule has 5 aromatic carbocycles. The van der Waals surface area contributed by atoms with E-state index in [0.29, 0.717) is 49.2 Å². The van der Waals surface area contributed by atoms with E-state index in [9.17, 15) is 13.6 Å². The second-order valence-electron chi connectivity index (χ2n) is 14.3. The number of aromatic nitrogens is 1. The van der Waals surface area contributed by atoms with Crippen LogP contribution in [-0.2, 0) is 4.74 Å². The van der Waals surface area contributed by atoms with Crippen molar-refractivity contribution in [1.82, 2.24) is 14.6 Å². The fourth-order valence-corrected chi connectivity index (χ4v) is 8.17. The molecule has 6 aromatic rings. The summed E-state index contributed by atoms with van der Waals surface area (Å²) in [6.07, 6.45) is 4.00. The molecule has 0 radical (unpaired) electrons. The minimum Gasteiger partial charge on any atom is -0.456 e. The number of carbonyl (C=O) groups is 1. The molecule has 1 amide bonds. The van der Waals surface area contributed by atoms with Crippen molar-refractivity contribution in [3.05, 3.63) is 144 Å². The summed E-state index contributed by atoms with van der Waals surface area (Å²) in [4.78, 5) is 22.5. The lowest BCUT2D eigenvalue weighted by Gasteiger charge is -2.40. The molecule has 7 N–H and O–H groups in total. The molecular weight excluding hydrogens is 759 g/mol. The van der Waals surface area contributed by atoms with Crippen molar-refractivity contribution in [1.29, 1.82) is 0 Å². The van der Waals surface area contributed by atoms with E-state index >= 15 is 0 Å². The van der Waals surface area contributed by atoms with Gasteiger partial charge in [0.1, 0.15) is 23.1 Å². The van der Waals surface area contributed by atoms with Crippen LogP contribution in [0.2, 0.25) is 0 Å². The highest BCUT2D eigenvalue weighted by Gasteiger charge is 2.28. The fourth-order valence-electron chi connectivity index (χ4n) is 7.52. The SMILES string of the molecule is CO.[NH3+]c1cc(SNC(=O)c2ccc(N3CCN(C(c4ccc(F)cc4)c4ccc(F)cc4)CC3)cc2Oc2ccc3[nH]ccc3c2)ccc1NCC1CCOCC1. The fraction of sp³-hybridized carbons (Fsp3) is 0.267. The van der Waals surface area contributed by atoms with Crippen LogP contribution in [0.1, 0.15) is 40.4 Å². The van der Waals surface area contributed by atoms with Crippen LogP contribution >= 0.6 is 11.9 Å². The number of nitrogens with one attached hydrogen (secondary N) is 3. The molecule has 2 aliphatic rings. The van der Waals surface area contributed by atoms with Gasteiger partial charge in [-0.15, -0.1) is 0 Å². The number of carbonyl (C=O) groups excluding carboxylic acids is 1. The van der Waals surface area contributed by atoms with Crippen LogP contribution in [0.15, 0.2) is 120 Å². The molecule has 8 rings (SSSR count). The maximum atomic E-state index is 13.9. The van der Waals surface area contributed by atoms with Gasteiger partial charge in [-0.3, -0.25) is 14.4 Å². The lowest BCUT2D eigenvalue weighted by Crippen LogP contribution is -2.48. The number of hydrogen-bond acceptors (Lipinski definition) is 8. The number of quaternary nitrogens is 1. The Bertz CT molecular complexity index is 2230. The second kappa shape index (κ2) is 19.3. The number of aromatic amines is 1. The maximum absolute atomic E-state index is 13.9. The predicted molar refractivity (Wildman–Crippen MR) is 226 cm³/mol. The van der Waals surface area contributed by atoms with E-state index in [0.717, 1.165) is 83.7 Å². The van der Waals surface area contributed by atoms with E-state index in [1.807, 2.05) is 66.9 Å². The third kappa shape index (κ3) is 9.98. The number of aliphatic hydroxyl groups is 1. The molecule has 0 unspecified atom stereocenters. The van der Waals surface area contributed by atoms with Crippen LogP contribution in [0.5, 0.6) is 11.5 Å². The number of benzene rings is 5. The molecule has 0 atom stereocenters. The first kappa shape index (κ1) is 40.7. The minimum atomic E-state index is -0.297. The topological polar surface area (TPSA) is 130 Å². The summed E-state index contributed by atoms with van der Waals surface area (Å²) in [5.74, 6) is 0.772. The molecule has 13 heteroatoms. The van der Waals surface area contributed by atoms with Crippen LogP contribution < -0.4 is 25.4 Å². The quantitative estimate of drug-likeness (QED) is 0.0790. The number of rotatable bonds is 12. The largest absolute Gasteiger partial charge is 0.456 e. The Labute approximate surface area is 341 Å². The average Bonchev–Trinajstić information content (AvgIpc) is 3.73. The highest BCUT2D eigenvalue weighted by atomic mass is 32.2. The van der Waals surface area contributed by atoms with E-state index in [2.05, 4.69) is 30.6 Å². The van der Waals surface area contributed by atoms with Gasteiger partial charge in [0.25, 0.3) is 5.91 Å². The number of piperazine rings is 1. The van der Waals surface area contributed by atoms with Gasteiger partial charge in [0.2, 0.25) is 0 Å². The van der Waals surface area contributed by atoms with E-state index in [1.165, 1.54) is 36.2 Å². The number of fused-ring (bicyclic) bond motifs is 1. The Morgan fingerprint density at radius 2 is 1.57 bits per heavy atom. The van der Waals surface area contributed by atoms with E-state index in [1.54, 1.807) is 24.3 Å². The van der Waals surface area contributed by atoms with Gasteiger partial charge >= 0.3 is 0 Å². The summed E-state index contributed by atoms with van der Waals surface area (Å²) in [6.45, 7) is 5.31. The highest BCUT2D eigenvalue weighted by molar-refractivity contribution is 7.98. The Balaban J connectivity index is 0.00000252. The number of nitrogens with zero attached hydrogens (tertiary/aromatic N) is 2. The molecule has 0 spiro atoms. The summed E-state index contributed by atoms with van der Waals surface area (Å²) >= 11 is 1.24. The van der Waals surface area contributed by atoms with Gasteiger partial charge < -0.3 is 35.5 Å². The number of halogens is 2. The first-order valence-electron chi connectivity index (χ1n) is 19.4. The Morgan fingerprint density at radius 3 is 2.24 bits per heavy atom. The Hall–Kier alpha value is -5.44. The third-order valence-electron chi connectivity index (χ3n) is 10.6. The van der Waals surface area contributed by atoms with Gasteiger partial charge in [-0.25, -0.2) is 8.78 Å². The van der Waals surface area contributed by atoms with Gasteiger partial charge in [-0.1, -0.05) is 24.3 Å². The number of amides is 1. The zero-order valence-electron chi connectivity index (χ0n) is 32.4. The van der Waals surface area contributed by atoms with Gasteiger partial charge in [0.05, 0.1) is 17.3 Å². The lowest BCUT2D eigenvalue weighted by molar-refractivity contribution is -0.253. The number of anilines is 2. The molecule has 2 aliphatic heterocycles. The summed E-state index contributed by atoms with van der Waals surface area (Å²) in [6, 6.07) is 32.4. The summed E-state index contributed by atoms with van der Waals surface area (Å²) in [7, 11) is 1.00.